The fraction of sp³-hybridized carbons (Fsp3) is 0.250. The molecule has 1 aromatic carbocycles. The molecule has 0 aliphatic rings. The first-order valence-corrected chi connectivity index (χ1v) is 6.08. The zero-order valence-corrected chi connectivity index (χ0v) is 10.7. The number of nitrogens with zero attached hydrogens (tertiary/aromatic N) is 2. The molecule has 0 saturated heterocycles. The maximum absolute atomic E-state index is 4.08. The van der Waals surface area contributed by atoms with Crippen LogP contribution in [-0.2, 0) is 6.54 Å². The monoisotopic (exact) mass is 279 g/mol. The summed E-state index contributed by atoms with van der Waals surface area (Å²) in [5.74, 6) is 0. The van der Waals surface area contributed by atoms with E-state index in [4.69, 9.17) is 0 Å². The molecule has 1 aromatic heterocycles. The largest absolute Gasteiger partial charge is 0.313 e. The van der Waals surface area contributed by atoms with E-state index in [0.29, 0.717) is 0 Å². The lowest BCUT2D eigenvalue weighted by Crippen LogP contribution is -2.13. The molecule has 3 nitrogen and oxygen atoms in total. The predicted molar refractivity (Wildman–Crippen MR) is 68.6 cm³/mol. The molecule has 0 spiro atoms. The van der Waals surface area contributed by atoms with Gasteiger partial charge in [0.1, 0.15) is 0 Å². The molecule has 84 valence electrons. The lowest BCUT2D eigenvalue weighted by atomic mass is 10.1. The molecule has 0 unspecified atom stereocenters. The van der Waals surface area contributed by atoms with Crippen molar-refractivity contribution in [2.45, 2.75) is 13.5 Å². The summed E-state index contributed by atoms with van der Waals surface area (Å²) in [4.78, 5) is 4.08. The van der Waals surface area contributed by atoms with Crippen LogP contribution in [0.2, 0.25) is 0 Å². The Morgan fingerprint density at radius 3 is 3.00 bits per heavy atom. The van der Waals surface area contributed by atoms with E-state index in [9.17, 15) is 0 Å². The Kier molecular flexibility index (Phi) is 3.74. The summed E-state index contributed by atoms with van der Waals surface area (Å²) in [6, 6.07) is 6.30. The lowest BCUT2D eigenvalue weighted by molar-refractivity contribution is 0.722. The summed E-state index contributed by atoms with van der Waals surface area (Å²) < 4.78 is 3.11. The van der Waals surface area contributed by atoms with E-state index in [1.807, 2.05) is 17.1 Å². The number of rotatable bonds is 4. The number of aromatic nitrogens is 2. The van der Waals surface area contributed by atoms with Crippen LogP contribution in [0.25, 0.3) is 5.69 Å². The van der Waals surface area contributed by atoms with E-state index >= 15 is 0 Å². The molecule has 0 amide bonds. The molecular formula is C12H14BrN3. The zero-order chi connectivity index (χ0) is 11.4. The highest BCUT2D eigenvalue weighted by Crippen LogP contribution is 2.20. The van der Waals surface area contributed by atoms with Crippen molar-refractivity contribution in [1.29, 1.82) is 0 Å². The van der Waals surface area contributed by atoms with Gasteiger partial charge in [0.05, 0.1) is 12.0 Å². The molecule has 16 heavy (non-hydrogen) atoms. The molecule has 0 radical (unpaired) electrons. The van der Waals surface area contributed by atoms with Gasteiger partial charge in [0.2, 0.25) is 0 Å². The minimum absolute atomic E-state index is 0.872. The van der Waals surface area contributed by atoms with Crippen LogP contribution in [0.1, 0.15) is 12.5 Å². The maximum Gasteiger partial charge on any atom is 0.0991 e. The van der Waals surface area contributed by atoms with Crippen molar-refractivity contribution in [2.24, 2.45) is 0 Å². The Hall–Kier alpha value is -1.13. The van der Waals surface area contributed by atoms with Crippen LogP contribution in [-0.4, -0.2) is 16.1 Å². The van der Waals surface area contributed by atoms with Crippen molar-refractivity contribution in [2.75, 3.05) is 6.54 Å². The quantitative estimate of drug-likeness (QED) is 0.933. The molecular weight excluding hydrogens is 266 g/mol. The third-order valence-corrected chi connectivity index (χ3v) is 2.89. The van der Waals surface area contributed by atoms with Gasteiger partial charge in [0.15, 0.2) is 0 Å². The first-order valence-electron chi connectivity index (χ1n) is 5.28. The van der Waals surface area contributed by atoms with Crippen molar-refractivity contribution in [3.63, 3.8) is 0 Å². The van der Waals surface area contributed by atoms with E-state index in [2.05, 4.69) is 51.4 Å². The van der Waals surface area contributed by atoms with E-state index in [1.165, 1.54) is 5.56 Å². The van der Waals surface area contributed by atoms with Gasteiger partial charge in [0.25, 0.3) is 0 Å². The third-order valence-electron chi connectivity index (χ3n) is 2.40. The fourth-order valence-electron chi connectivity index (χ4n) is 1.59. The zero-order valence-electron chi connectivity index (χ0n) is 9.15. The minimum Gasteiger partial charge on any atom is -0.313 e. The van der Waals surface area contributed by atoms with Gasteiger partial charge >= 0.3 is 0 Å². The number of benzene rings is 1. The number of hydrogen-bond acceptors (Lipinski definition) is 2. The van der Waals surface area contributed by atoms with Gasteiger partial charge in [-0.3, -0.25) is 0 Å². The molecule has 0 bridgehead atoms. The molecule has 0 aliphatic carbocycles. The highest BCUT2D eigenvalue weighted by atomic mass is 79.9. The van der Waals surface area contributed by atoms with Crippen LogP contribution in [0.5, 0.6) is 0 Å². The number of hydrogen-bond donors (Lipinski definition) is 1. The molecule has 0 aliphatic heterocycles. The smallest absolute Gasteiger partial charge is 0.0991 e. The predicted octanol–water partition coefficient (Wildman–Crippen LogP) is 2.74. The topological polar surface area (TPSA) is 29.9 Å². The van der Waals surface area contributed by atoms with Crippen molar-refractivity contribution in [3.05, 3.63) is 47.0 Å². The van der Waals surface area contributed by atoms with Gasteiger partial charge in [-0.2, -0.15) is 0 Å². The first-order chi connectivity index (χ1) is 7.81. The second-order valence-corrected chi connectivity index (χ2v) is 4.44. The minimum atomic E-state index is 0.872. The Balaban J connectivity index is 2.37. The molecule has 1 N–H and O–H groups in total. The van der Waals surface area contributed by atoms with Crippen LogP contribution >= 0.6 is 15.9 Å². The maximum atomic E-state index is 4.08. The van der Waals surface area contributed by atoms with E-state index in [-0.39, 0.29) is 0 Å². The second-order valence-electron chi connectivity index (χ2n) is 3.52. The summed E-state index contributed by atoms with van der Waals surface area (Å²) in [6.07, 6.45) is 5.56. The standard InChI is InChI=1S/C12H14BrN3/c1-2-14-8-10-3-4-11(13)7-12(10)16-6-5-15-9-16/h3-7,9,14H,2,8H2,1H3. The fourth-order valence-corrected chi connectivity index (χ4v) is 1.94. The highest BCUT2D eigenvalue weighted by Gasteiger charge is 2.04. The second kappa shape index (κ2) is 5.27. The van der Waals surface area contributed by atoms with Crippen LogP contribution in [0.15, 0.2) is 41.4 Å². The van der Waals surface area contributed by atoms with Crippen molar-refractivity contribution < 1.29 is 0 Å². The molecule has 1 heterocycles. The first kappa shape index (κ1) is 11.4. The molecule has 2 aromatic rings. The average Bonchev–Trinajstić information content (AvgIpc) is 2.80. The van der Waals surface area contributed by atoms with Crippen LogP contribution < -0.4 is 5.32 Å². The van der Waals surface area contributed by atoms with Gasteiger partial charge in [0, 0.05) is 23.4 Å². The lowest BCUT2D eigenvalue weighted by Gasteiger charge is -2.11. The molecule has 0 saturated carbocycles. The summed E-state index contributed by atoms with van der Waals surface area (Å²) in [7, 11) is 0. The van der Waals surface area contributed by atoms with Crippen molar-refractivity contribution >= 4 is 15.9 Å². The third kappa shape index (κ3) is 2.51. The SMILES string of the molecule is CCNCc1ccc(Br)cc1-n1ccnc1. The van der Waals surface area contributed by atoms with Gasteiger partial charge in [-0.15, -0.1) is 0 Å². The van der Waals surface area contributed by atoms with Gasteiger partial charge in [-0.1, -0.05) is 28.9 Å². The Labute approximate surface area is 104 Å². The molecule has 4 heteroatoms. The Bertz CT molecular complexity index is 451. The highest BCUT2D eigenvalue weighted by molar-refractivity contribution is 9.10. The summed E-state index contributed by atoms with van der Waals surface area (Å²) >= 11 is 3.50. The van der Waals surface area contributed by atoms with Crippen LogP contribution in [0, 0.1) is 0 Å². The number of imidazole rings is 1. The summed E-state index contributed by atoms with van der Waals surface area (Å²) in [5, 5.41) is 3.34. The van der Waals surface area contributed by atoms with E-state index < -0.39 is 0 Å². The Morgan fingerprint density at radius 2 is 2.31 bits per heavy atom. The Morgan fingerprint density at radius 1 is 1.44 bits per heavy atom. The average molecular weight is 280 g/mol. The van der Waals surface area contributed by atoms with E-state index in [1.54, 1.807) is 6.20 Å². The summed E-state index contributed by atoms with van der Waals surface area (Å²) in [5.41, 5.74) is 2.43. The molecule has 2 rings (SSSR count). The molecule has 0 fully saturated rings. The normalized spacial score (nSPS) is 10.6. The van der Waals surface area contributed by atoms with Crippen LogP contribution in [0.4, 0.5) is 0 Å². The van der Waals surface area contributed by atoms with E-state index in [0.717, 1.165) is 23.2 Å². The van der Waals surface area contributed by atoms with Gasteiger partial charge in [-0.05, 0) is 24.2 Å². The van der Waals surface area contributed by atoms with Gasteiger partial charge < -0.3 is 9.88 Å². The van der Waals surface area contributed by atoms with Crippen molar-refractivity contribution in [3.8, 4) is 5.69 Å². The van der Waals surface area contributed by atoms with Crippen LogP contribution in [0.3, 0.4) is 0 Å². The van der Waals surface area contributed by atoms with Gasteiger partial charge in [-0.25, -0.2) is 4.98 Å². The number of halogens is 1. The number of nitrogens with one attached hydrogen (secondary N) is 1. The summed E-state index contributed by atoms with van der Waals surface area (Å²) in [6.45, 7) is 3.95. The molecule has 0 atom stereocenters. The van der Waals surface area contributed by atoms with Crippen molar-refractivity contribution in [1.82, 2.24) is 14.9 Å².